The maximum absolute atomic E-state index is 14.4. The largest absolute Gasteiger partial charge is 0.459 e. The first-order valence-electron chi connectivity index (χ1n) is 15.5. The highest BCUT2D eigenvalue weighted by atomic mass is 31.2. The van der Waals surface area contributed by atoms with E-state index in [1.807, 2.05) is 43.3 Å². The van der Waals surface area contributed by atoms with Gasteiger partial charge in [-0.25, -0.2) is 19.3 Å². The minimum atomic E-state index is -4.15. The predicted octanol–water partition coefficient (Wildman–Crippen LogP) is 7.22. The van der Waals surface area contributed by atoms with Gasteiger partial charge in [0, 0.05) is 12.0 Å². The van der Waals surface area contributed by atoms with Gasteiger partial charge in [-0.2, -0.15) is 5.09 Å². The smallest absolute Gasteiger partial charge is 0.425 e. The molecule has 3 atom stereocenters. The van der Waals surface area contributed by atoms with Crippen molar-refractivity contribution in [3.05, 3.63) is 90.8 Å². The Balaban J connectivity index is 1.50. The number of imidazole rings is 1. The summed E-state index contributed by atoms with van der Waals surface area (Å²) in [4.78, 5) is 22.4. The van der Waals surface area contributed by atoms with Crippen molar-refractivity contribution in [3.63, 3.8) is 0 Å². The molecule has 3 aromatic carbocycles. The Morgan fingerprint density at radius 1 is 0.957 bits per heavy atom. The van der Waals surface area contributed by atoms with Gasteiger partial charge in [-0.05, 0) is 50.6 Å². The number of nitrogens with two attached hydrogens (primary N) is 1. The first-order chi connectivity index (χ1) is 22.3. The summed E-state index contributed by atoms with van der Waals surface area (Å²) in [5.74, 6) is 1.02. The number of aromatic nitrogens is 3. The molecular weight excluding hydrogens is 605 g/mol. The molecular formula is C34H40N5O6P. The highest BCUT2D eigenvalue weighted by Crippen LogP contribution is 2.46. The molecule has 0 radical (unpaired) electrons. The van der Waals surface area contributed by atoms with Gasteiger partial charge < -0.3 is 24.3 Å². The highest BCUT2D eigenvalue weighted by Gasteiger charge is 2.34. The van der Waals surface area contributed by atoms with Crippen LogP contribution in [0.1, 0.15) is 51.9 Å². The van der Waals surface area contributed by atoms with E-state index in [0.717, 1.165) is 29.3 Å². The quantitative estimate of drug-likeness (QED) is 0.0642. The lowest BCUT2D eigenvalue weighted by molar-refractivity contribution is -0.135. The van der Waals surface area contributed by atoms with E-state index < -0.39 is 19.8 Å². The Kier molecular flexibility index (Phi) is 11.0. The zero-order valence-corrected chi connectivity index (χ0v) is 27.2. The third kappa shape index (κ3) is 7.92. The van der Waals surface area contributed by atoms with Crippen molar-refractivity contribution in [2.45, 2.75) is 58.7 Å². The number of unbranched alkanes of at least 4 members (excludes halogenated alkanes) is 1. The van der Waals surface area contributed by atoms with E-state index in [1.165, 1.54) is 0 Å². The highest BCUT2D eigenvalue weighted by molar-refractivity contribution is 7.52. The molecule has 5 rings (SSSR count). The van der Waals surface area contributed by atoms with E-state index in [0.29, 0.717) is 41.7 Å². The van der Waals surface area contributed by atoms with Gasteiger partial charge in [0.25, 0.3) is 0 Å². The van der Waals surface area contributed by atoms with E-state index >= 15 is 0 Å². The summed E-state index contributed by atoms with van der Waals surface area (Å²) in [5.41, 5.74) is 8.52. The average Bonchev–Trinajstić information content (AvgIpc) is 3.45. The summed E-state index contributed by atoms with van der Waals surface area (Å²) >= 11 is 0. The Labute approximate surface area is 268 Å². The first-order valence-corrected chi connectivity index (χ1v) is 17.0. The number of para-hydroxylation sites is 3. The van der Waals surface area contributed by atoms with Crippen molar-refractivity contribution in [2.24, 2.45) is 0 Å². The summed E-state index contributed by atoms with van der Waals surface area (Å²) in [6, 6.07) is 23.7. The maximum Gasteiger partial charge on any atom is 0.459 e. The van der Waals surface area contributed by atoms with Crippen LogP contribution in [0.4, 0.5) is 5.82 Å². The Morgan fingerprint density at radius 3 is 2.33 bits per heavy atom. The molecule has 46 heavy (non-hydrogen) atoms. The number of fused-ring (bicyclic) bond motifs is 3. The lowest BCUT2D eigenvalue weighted by Crippen LogP contribution is -2.37. The van der Waals surface area contributed by atoms with E-state index in [4.69, 9.17) is 29.2 Å². The molecule has 0 aliphatic heterocycles. The van der Waals surface area contributed by atoms with Crippen molar-refractivity contribution in [1.82, 2.24) is 19.6 Å². The SMILES string of the molecule is CCCC[C@H](CO[P@](=O)(N[C@@H](C)C(=O)Oc1ccccc1)Oc1ccccc1)n1c(COCC)nc2c(N)nc3ccccc3c21. The van der Waals surface area contributed by atoms with Crippen molar-refractivity contribution in [2.75, 3.05) is 18.9 Å². The maximum atomic E-state index is 14.4. The minimum Gasteiger partial charge on any atom is -0.425 e. The number of pyridine rings is 1. The third-order valence-electron chi connectivity index (χ3n) is 7.39. The topological polar surface area (TPSA) is 140 Å². The standard InChI is InChI=1S/C34H40N5O6P/c1-4-6-15-25(39-30(23-42-5-2)37-31-32(39)28-20-13-14-21-29(28)36-33(31)35)22-43-46(41,45-27-18-11-8-12-19-27)38-24(3)34(40)44-26-16-9-7-10-17-26/h7-14,16-21,24-25H,4-6,15,22-23H2,1-3H3,(H2,35,36)(H,38,41)/t24-,25+,46+/m0/s1. The fraction of sp³-hybridized carbons (Fsp3) is 0.324. The zero-order valence-electron chi connectivity index (χ0n) is 26.3. The fourth-order valence-corrected chi connectivity index (χ4v) is 6.69. The van der Waals surface area contributed by atoms with Crippen LogP contribution in [-0.2, 0) is 25.2 Å². The molecule has 2 aromatic heterocycles. The number of nitrogens with zero attached hydrogens (tertiary/aromatic N) is 3. The van der Waals surface area contributed by atoms with Gasteiger partial charge in [0.1, 0.15) is 35.5 Å². The van der Waals surface area contributed by atoms with Gasteiger partial charge >= 0.3 is 13.7 Å². The number of rotatable bonds is 16. The van der Waals surface area contributed by atoms with Crippen LogP contribution in [0.15, 0.2) is 84.9 Å². The van der Waals surface area contributed by atoms with Crippen LogP contribution in [0.2, 0.25) is 0 Å². The van der Waals surface area contributed by atoms with Crippen LogP contribution < -0.4 is 20.1 Å². The number of carbonyl (C=O) groups is 1. The number of nitrogen functional groups attached to an aromatic ring is 1. The monoisotopic (exact) mass is 645 g/mol. The van der Waals surface area contributed by atoms with Crippen molar-refractivity contribution < 1.29 is 27.9 Å². The van der Waals surface area contributed by atoms with Gasteiger partial charge in [-0.15, -0.1) is 0 Å². The molecule has 0 aliphatic carbocycles. The van der Waals surface area contributed by atoms with Crippen LogP contribution >= 0.6 is 7.75 Å². The van der Waals surface area contributed by atoms with Crippen LogP contribution in [0.25, 0.3) is 21.9 Å². The van der Waals surface area contributed by atoms with E-state index in [-0.39, 0.29) is 19.3 Å². The number of ether oxygens (including phenoxy) is 2. The van der Waals surface area contributed by atoms with Gasteiger partial charge in [0.05, 0.1) is 23.7 Å². The second-order valence-electron chi connectivity index (χ2n) is 10.8. The molecule has 12 heteroatoms. The zero-order chi connectivity index (χ0) is 32.5. The number of esters is 1. The van der Waals surface area contributed by atoms with Gasteiger partial charge in [-0.3, -0.25) is 4.52 Å². The molecule has 3 N–H and O–H groups in total. The van der Waals surface area contributed by atoms with Crippen molar-refractivity contribution in [1.29, 1.82) is 0 Å². The third-order valence-corrected chi connectivity index (χ3v) is 9.03. The molecule has 0 unspecified atom stereocenters. The van der Waals surface area contributed by atoms with Crippen molar-refractivity contribution in [3.8, 4) is 11.5 Å². The minimum absolute atomic E-state index is 0.0291. The predicted molar refractivity (Wildman–Crippen MR) is 179 cm³/mol. The summed E-state index contributed by atoms with van der Waals surface area (Å²) in [6.45, 7) is 6.28. The van der Waals surface area contributed by atoms with Gasteiger partial charge in [0.15, 0.2) is 5.82 Å². The molecule has 0 aliphatic rings. The van der Waals surface area contributed by atoms with Gasteiger partial charge in [-0.1, -0.05) is 74.4 Å². The Bertz CT molecular complexity index is 1800. The normalized spacial score (nSPS) is 14.2. The molecule has 5 aromatic rings. The second-order valence-corrected chi connectivity index (χ2v) is 12.5. The van der Waals surface area contributed by atoms with Gasteiger partial charge in [0.2, 0.25) is 0 Å². The molecule has 11 nitrogen and oxygen atoms in total. The molecule has 0 saturated heterocycles. The summed E-state index contributed by atoms with van der Waals surface area (Å²) < 4.78 is 40.0. The molecule has 0 bridgehead atoms. The van der Waals surface area contributed by atoms with Crippen LogP contribution in [-0.4, -0.2) is 39.8 Å². The summed E-state index contributed by atoms with van der Waals surface area (Å²) in [7, 11) is -4.15. The number of anilines is 1. The summed E-state index contributed by atoms with van der Waals surface area (Å²) in [6.07, 6.45) is 2.46. The van der Waals surface area contributed by atoms with Crippen LogP contribution in [0.5, 0.6) is 11.5 Å². The summed E-state index contributed by atoms with van der Waals surface area (Å²) in [5, 5.41) is 3.68. The number of nitrogens with one attached hydrogen (secondary N) is 1. The molecule has 242 valence electrons. The first kappa shape index (κ1) is 33.1. The number of hydrogen-bond acceptors (Lipinski definition) is 9. The Morgan fingerprint density at radius 2 is 1.63 bits per heavy atom. The number of hydrogen-bond donors (Lipinski definition) is 2. The molecule has 0 spiro atoms. The number of carbonyl (C=O) groups excluding carboxylic acids is 1. The average molecular weight is 646 g/mol. The van der Waals surface area contributed by atoms with Crippen LogP contribution in [0.3, 0.4) is 0 Å². The molecule has 2 heterocycles. The van der Waals surface area contributed by atoms with Crippen molar-refractivity contribution >= 4 is 41.5 Å². The lowest BCUT2D eigenvalue weighted by atomic mass is 10.1. The van der Waals surface area contributed by atoms with E-state index in [1.54, 1.807) is 55.5 Å². The Hall–Kier alpha value is -4.28. The molecule has 0 saturated carbocycles. The van der Waals surface area contributed by atoms with E-state index in [9.17, 15) is 9.36 Å². The molecule has 0 fully saturated rings. The second kappa shape index (κ2) is 15.3. The number of benzene rings is 3. The van der Waals surface area contributed by atoms with Crippen LogP contribution in [0, 0.1) is 0 Å². The fourth-order valence-electron chi connectivity index (χ4n) is 5.16. The molecule has 0 amide bonds. The lowest BCUT2D eigenvalue weighted by Gasteiger charge is -2.27. The van der Waals surface area contributed by atoms with E-state index in [2.05, 4.69) is 21.6 Å².